The summed E-state index contributed by atoms with van der Waals surface area (Å²) in [5, 5.41) is 0. The molecule has 0 spiro atoms. The Bertz CT molecular complexity index is 567. The molecular weight excluding hydrogens is 324 g/mol. The van der Waals surface area contributed by atoms with Gasteiger partial charge < -0.3 is 10.6 Å². The van der Waals surface area contributed by atoms with Gasteiger partial charge in [-0.25, -0.2) is 0 Å². The lowest BCUT2D eigenvalue weighted by atomic mass is 10.0. The first-order valence-electron chi connectivity index (χ1n) is 7.35. The Morgan fingerprint density at radius 2 is 1.86 bits per heavy atom. The highest BCUT2D eigenvalue weighted by molar-refractivity contribution is 9.10. The van der Waals surface area contributed by atoms with Crippen LogP contribution in [0.25, 0.3) is 0 Å². The van der Waals surface area contributed by atoms with E-state index >= 15 is 0 Å². The average molecular weight is 347 g/mol. The molecule has 2 aromatic carbocycles. The zero-order valence-corrected chi connectivity index (χ0v) is 14.3. The van der Waals surface area contributed by atoms with Crippen LogP contribution in [0.15, 0.2) is 53.0 Å². The van der Waals surface area contributed by atoms with E-state index in [9.17, 15) is 0 Å². The van der Waals surface area contributed by atoms with E-state index in [1.165, 1.54) is 16.8 Å². The van der Waals surface area contributed by atoms with Crippen molar-refractivity contribution in [1.29, 1.82) is 0 Å². The maximum absolute atomic E-state index is 5.97. The summed E-state index contributed by atoms with van der Waals surface area (Å²) in [6.45, 7) is 3.05. The first-order valence-corrected chi connectivity index (χ1v) is 8.14. The van der Waals surface area contributed by atoms with Gasteiger partial charge in [-0.15, -0.1) is 0 Å². The van der Waals surface area contributed by atoms with Gasteiger partial charge in [-0.1, -0.05) is 46.3 Å². The molecule has 112 valence electrons. The second kappa shape index (κ2) is 7.62. The summed E-state index contributed by atoms with van der Waals surface area (Å²) in [7, 11) is 2.15. The molecule has 0 fully saturated rings. The fourth-order valence-corrected chi connectivity index (χ4v) is 2.91. The molecule has 2 N–H and O–H groups in total. The summed E-state index contributed by atoms with van der Waals surface area (Å²) in [5.41, 5.74) is 9.92. The fourth-order valence-electron chi connectivity index (χ4n) is 2.50. The van der Waals surface area contributed by atoms with Crippen LogP contribution >= 0.6 is 15.9 Å². The van der Waals surface area contributed by atoms with Crippen LogP contribution in [0, 0.1) is 0 Å². The van der Waals surface area contributed by atoms with Gasteiger partial charge in [0.1, 0.15) is 0 Å². The molecular formula is C18H23BrN2. The molecule has 0 aliphatic carbocycles. The van der Waals surface area contributed by atoms with Gasteiger partial charge in [-0.3, -0.25) is 0 Å². The van der Waals surface area contributed by atoms with Crippen LogP contribution in [-0.2, 0) is 12.8 Å². The summed E-state index contributed by atoms with van der Waals surface area (Å²) in [6, 6.07) is 17.2. The van der Waals surface area contributed by atoms with Crippen molar-refractivity contribution in [3.63, 3.8) is 0 Å². The molecule has 3 heteroatoms. The standard InChI is InChI=1S/C18H23BrN2/c1-14(20)12-16-13-17(19)8-9-18(16)21(2)11-10-15-6-4-3-5-7-15/h3-9,13-14H,10-12,20H2,1-2H3. The predicted molar refractivity (Wildman–Crippen MR) is 94.9 cm³/mol. The van der Waals surface area contributed by atoms with Crippen LogP contribution in [0.2, 0.25) is 0 Å². The van der Waals surface area contributed by atoms with E-state index < -0.39 is 0 Å². The SMILES string of the molecule is CC(N)Cc1cc(Br)ccc1N(C)CCc1ccccc1. The second-order valence-corrected chi connectivity index (χ2v) is 6.53. The molecule has 0 aromatic heterocycles. The number of nitrogens with zero attached hydrogens (tertiary/aromatic N) is 1. The first-order chi connectivity index (χ1) is 10.1. The molecule has 0 aliphatic heterocycles. The van der Waals surface area contributed by atoms with Crippen molar-refractivity contribution in [1.82, 2.24) is 0 Å². The van der Waals surface area contributed by atoms with E-state index in [1.807, 2.05) is 0 Å². The summed E-state index contributed by atoms with van der Waals surface area (Å²) < 4.78 is 1.11. The topological polar surface area (TPSA) is 29.3 Å². The smallest absolute Gasteiger partial charge is 0.0397 e. The van der Waals surface area contributed by atoms with Gasteiger partial charge in [0.15, 0.2) is 0 Å². The van der Waals surface area contributed by atoms with Gasteiger partial charge >= 0.3 is 0 Å². The van der Waals surface area contributed by atoms with E-state index in [2.05, 4.69) is 83.3 Å². The summed E-state index contributed by atoms with van der Waals surface area (Å²) >= 11 is 3.55. The van der Waals surface area contributed by atoms with Crippen molar-refractivity contribution in [3.8, 4) is 0 Å². The van der Waals surface area contributed by atoms with E-state index in [-0.39, 0.29) is 6.04 Å². The highest BCUT2D eigenvalue weighted by atomic mass is 79.9. The molecule has 2 rings (SSSR count). The van der Waals surface area contributed by atoms with Gasteiger partial charge in [0.2, 0.25) is 0 Å². The molecule has 2 aromatic rings. The van der Waals surface area contributed by atoms with Crippen LogP contribution < -0.4 is 10.6 Å². The van der Waals surface area contributed by atoms with E-state index in [0.717, 1.165) is 23.9 Å². The van der Waals surface area contributed by atoms with Crippen molar-refractivity contribution in [2.24, 2.45) is 5.73 Å². The van der Waals surface area contributed by atoms with E-state index in [0.29, 0.717) is 0 Å². The molecule has 0 saturated heterocycles. The van der Waals surface area contributed by atoms with Gasteiger partial charge in [-0.05, 0) is 49.1 Å². The minimum Gasteiger partial charge on any atom is -0.374 e. The van der Waals surface area contributed by atoms with Crippen molar-refractivity contribution < 1.29 is 0 Å². The van der Waals surface area contributed by atoms with Crippen LogP contribution in [-0.4, -0.2) is 19.6 Å². The van der Waals surface area contributed by atoms with Gasteiger partial charge in [0, 0.05) is 29.8 Å². The Labute approximate surface area is 136 Å². The Morgan fingerprint density at radius 3 is 2.52 bits per heavy atom. The Hall–Kier alpha value is -1.32. The zero-order chi connectivity index (χ0) is 15.2. The van der Waals surface area contributed by atoms with Crippen LogP contribution in [0.5, 0.6) is 0 Å². The number of likely N-dealkylation sites (N-methyl/N-ethyl adjacent to an activating group) is 1. The molecule has 21 heavy (non-hydrogen) atoms. The highest BCUT2D eigenvalue weighted by Crippen LogP contribution is 2.25. The lowest BCUT2D eigenvalue weighted by molar-refractivity contribution is 0.733. The van der Waals surface area contributed by atoms with E-state index in [4.69, 9.17) is 5.73 Å². The van der Waals surface area contributed by atoms with Crippen molar-refractivity contribution >= 4 is 21.6 Å². The van der Waals surface area contributed by atoms with Gasteiger partial charge in [0.25, 0.3) is 0 Å². The summed E-state index contributed by atoms with van der Waals surface area (Å²) in [5.74, 6) is 0. The Kier molecular flexibility index (Phi) is 5.83. The van der Waals surface area contributed by atoms with Crippen LogP contribution in [0.1, 0.15) is 18.1 Å². The maximum atomic E-state index is 5.97. The normalized spacial score (nSPS) is 12.2. The lowest BCUT2D eigenvalue weighted by Gasteiger charge is -2.23. The third kappa shape index (κ3) is 4.87. The average Bonchev–Trinajstić information content (AvgIpc) is 2.45. The second-order valence-electron chi connectivity index (χ2n) is 5.61. The lowest BCUT2D eigenvalue weighted by Crippen LogP contribution is -2.24. The molecule has 0 saturated carbocycles. The molecule has 1 atom stereocenters. The minimum absolute atomic E-state index is 0.167. The van der Waals surface area contributed by atoms with Crippen molar-refractivity contribution in [3.05, 3.63) is 64.1 Å². The summed E-state index contributed by atoms with van der Waals surface area (Å²) in [6.07, 6.45) is 1.94. The monoisotopic (exact) mass is 346 g/mol. The predicted octanol–water partition coefficient (Wildman–Crippen LogP) is 4.02. The highest BCUT2D eigenvalue weighted by Gasteiger charge is 2.10. The largest absolute Gasteiger partial charge is 0.374 e. The number of anilines is 1. The van der Waals surface area contributed by atoms with Crippen LogP contribution in [0.4, 0.5) is 5.69 Å². The molecule has 1 unspecified atom stereocenters. The zero-order valence-electron chi connectivity index (χ0n) is 12.7. The van der Waals surface area contributed by atoms with Crippen LogP contribution in [0.3, 0.4) is 0 Å². The van der Waals surface area contributed by atoms with Crippen molar-refractivity contribution in [2.75, 3.05) is 18.5 Å². The Balaban J connectivity index is 2.09. The number of nitrogens with two attached hydrogens (primary N) is 1. The third-order valence-corrected chi connectivity index (χ3v) is 4.07. The first kappa shape index (κ1) is 16.1. The van der Waals surface area contributed by atoms with Gasteiger partial charge in [0.05, 0.1) is 0 Å². The molecule has 2 nitrogen and oxygen atoms in total. The molecule has 0 amide bonds. The van der Waals surface area contributed by atoms with Gasteiger partial charge in [-0.2, -0.15) is 0 Å². The maximum Gasteiger partial charge on any atom is 0.0397 e. The van der Waals surface area contributed by atoms with Crippen molar-refractivity contribution in [2.45, 2.75) is 25.8 Å². The number of hydrogen-bond acceptors (Lipinski definition) is 2. The third-order valence-electron chi connectivity index (χ3n) is 3.57. The summed E-state index contributed by atoms with van der Waals surface area (Å²) in [4.78, 5) is 2.32. The van der Waals surface area contributed by atoms with E-state index in [1.54, 1.807) is 0 Å². The Morgan fingerprint density at radius 1 is 1.14 bits per heavy atom. The molecule has 0 heterocycles. The quantitative estimate of drug-likeness (QED) is 0.855. The molecule has 0 aliphatic rings. The number of hydrogen-bond donors (Lipinski definition) is 1. The molecule has 0 bridgehead atoms. The number of halogens is 1. The number of benzene rings is 2. The fraction of sp³-hybridized carbons (Fsp3) is 0.333. The number of rotatable bonds is 6. The molecule has 0 radical (unpaired) electrons. The minimum atomic E-state index is 0.167.